The average molecular weight is 308 g/mol. The quantitative estimate of drug-likeness (QED) is 0.817. The molecule has 2 aromatic heterocycles. The van der Waals surface area contributed by atoms with Crippen molar-refractivity contribution in [3.8, 4) is 0 Å². The fourth-order valence-corrected chi connectivity index (χ4v) is 3.43. The second-order valence-electron chi connectivity index (χ2n) is 5.19. The lowest BCUT2D eigenvalue weighted by atomic mass is 10.2. The van der Waals surface area contributed by atoms with E-state index in [-0.39, 0.29) is 6.04 Å². The van der Waals surface area contributed by atoms with Gasteiger partial charge in [0.2, 0.25) is 5.89 Å². The van der Waals surface area contributed by atoms with E-state index in [9.17, 15) is 0 Å². The Labute approximate surface area is 128 Å². The van der Waals surface area contributed by atoms with Gasteiger partial charge >= 0.3 is 0 Å². The van der Waals surface area contributed by atoms with Crippen LogP contribution < -0.4 is 0 Å². The fraction of sp³-hybridized carbons (Fsp3) is 0.643. The molecule has 6 nitrogen and oxygen atoms in total. The molecule has 1 fully saturated rings. The van der Waals surface area contributed by atoms with Crippen LogP contribution in [0.2, 0.25) is 0 Å². The zero-order valence-corrected chi connectivity index (χ0v) is 13.2. The number of ether oxygens (including phenoxy) is 1. The highest BCUT2D eigenvalue weighted by molar-refractivity contribution is 7.09. The van der Waals surface area contributed by atoms with Crippen molar-refractivity contribution >= 4 is 11.3 Å². The zero-order chi connectivity index (χ0) is 14.7. The van der Waals surface area contributed by atoms with Crippen LogP contribution in [-0.4, -0.2) is 33.7 Å². The Morgan fingerprint density at radius 1 is 1.48 bits per heavy atom. The lowest BCUT2D eigenvalue weighted by Crippen LogP contribution is -2.23. The number of methoxy groups -OCH3 is 1. The van der Waals surface area contributed by atoms with Crippen LogP contribution in [0.1, 0.15) is 48.2 Å². The van der Waals surface area contributed by atoms with Gasteiger partial charge in [0, 0.05) is 25.5 Å². The van der Waals surface area contributed by atoms with Gasteiger partial charge in [0.05, 0.1) is 18.3 Å². The van der Waals surface area contributed by atoms with Crippen molar-refractivity contribution in [2.24, 2.45) is 0 Å². The second kappa shape index (κ2) is 6.64. The fourth-order valence-electron chi connectivity index (χ4n) is 2.67. The monoisotopic (exact) mass is 308 g/mol. The summed E-state index contributed by atoms with van der Waals surface area (Å²) < 4.78 is 10.4. The third-order valence-corrected chi connectivity index (χ3v) is 4.55. The molecule has 1 atom stereocenters. The van der Waals surface area contributed by atoms with Crippen molar-refractivity contribution in [1.82, 2.24) is 20.0 Å². The summed E-state index contributed by atoms with van der Waals surface area (Å²) in [7, 11) is 1.69. The zero-order valence-electron chi connectivity index (χ0n) is 12.4. The van der Waals surface area contributed by atoms with Gasteiger partial charge in [-0.15, -0.1) is 11.3 Å². The van der Waals surface area contributed by atoms with Crippen LogP contribution in [0.15, 0.2) is 9.90 Å². The first-order valence-corrected chi connectivity index (χ1v) is 8.17. The summed E-state index contributed by atoms with van der Waals surface area (Å²) in [5.41, 5.74) is 1.10. The maximum Gasteiger partial charge on any atom is 0.226 e. The van der Waals surface area contributed by atoms with E-state index in [4.69, 9.17) is 9.26 Å². The molecule has 0 amide bonds. The first-order chi connectivity index (χ1) is 10.3. The van der Waals surface area contributed by atoms with Gasteiger partial charge in [-0.05, 0) is 19.4 Å². The van der Waals surface area contributed by atoms with Crippen LogP contribution in [0.3, 0.4) is 0 Å². The Bertz CT molecular complexity index is 583. The smallest absolute Gasteiger partial charge is 0.226 e. The first-order valence-electron chi connectivity index (χ1n) is 7.29. The number of thiazole rings is 1. The Kier molecular flexibility index (Phi) is 4.62. The van der Waals surface area contributed by atoms with Crippen LogP contribution in [0.25, 0.3) is 0 Å². The van der Waals surface area contributed by atoms with Gasteiger partial charge in [0.25, 0.3) is 0 Å². The highest BCUT2D eigenvalue weighted by Crippen LogP contribution is 2.31. The molecule has 114 valence electrons. The van der Waals surface area contributed by atoms with E-state index in [1.165, 1.54) is 0 Å². The Balaban J connectivity index is 1.68. The Morgan fingerprint density at radius 3 is 3.14 bits per heavy atom. The summed E-state index contributed by atoms with van der Waals surface area (Å²) in [6, 6.07) is 0.252. The number of aryl methyl sites for hydroxylation is 1. The topological polar surface area (TPSA) is 64.3 Å². The van der Waals surface area contributed by atoms with E-state index in [1.54, 1.807) is 18.4 Å². The number of hydrogen-bond donors (Lipinski definition) is 0. The lowest BCUT2D eigenvalue weighted by Gasteiger charge is -2.20. The van der Waals surface area contributed by atoms with E-state index in [2.05, 4.69) is 25.4 Å². The largest absolute Gasteiger partial charge is 0.378 e. The molecular weight excluding hydrogens is 288 g/mol. The normalized spacial score (nSPS) is 19.4. The van der Waals surface area contributed by atoms with Crippen LogP contribution in [0.4, 0.5) is 0 Å². The van der Waals surface area contributed by atoms with Gasteiger partial charge < -0.3 is 9.26 Å². The molecule has 0 radical (unpaired) electrons. The Morgan fingerprint density at radius 2 is 2.38 bits per heavy atom. The molecule has 0 N–H and O–H groups in total. The first kappa shape index (κ1) is 14.6. The molecule has 1 aliphatic rings. The highest BCUT2D eigenvalue weighted by atomic mass is 32.1. The summed E-state index contributed by atoms with van der Waals surface area (Å²) >= 11 is 1.65. The number of likely N-dealkylation sites (tertiary alicyclic amines) is 1. The number of nitrogens with zero attached hydrogens (tertiary/aromatic N) is 4. The molecule has 21 heavy (non-hydrogen) atoms. The number of hydrogen-bond acceptors (Lipinski definition) is 7. The van der Waals surface area contributed by atoms with Crippen molar-refractivity contribution in [1.29, 1.82) is 0 Å². The molecule has 0 spiro atoms. The SMILES string of the molecule is CCc1nc(C2CCCN2Cc2csc(COC)n2)no1. The summed E-state index contributed by atoms with van der Waals surface area (Å²) in [6.45, 7) is 4.49. The van der Waals surface area contributed by atoms with Crippen LogP contribution in [0, 0.1) is 0 Å². The maximum absolute atomic E-state index is 5.24. The van der Waals surface area contributed by atoms with Gasteiger partial charge in [0.1, 0.15) is 5.01 Å². The van der Waals surface area contributed by atoms with Gasteiger partial charge in [-0.1, -0.05) is 12.1 Å². The molecule has 0 aromatic carbocycles. The van der Waals surface area contributed by atoms with Crippen molar-refractivity contribution < 1.29 is 9.26 Å². The van der Waals surface area contributed by atoms with Gasteiger partial charge in [0.15, 0.2) is 5.82 Å². The van der Waals surface area contributed by atoms with Gasteiger partial charge in [-0.3, -0.25) is 4.90 Å². The summed E-state index contributed by atoms with van der Waals surface area (Å²) in [5, 5.41) is 7.26. The second-order valence-corrected chi connectivity index (χ2v) is 6.14. The Hall–Kier alpha value is -1.31. The van der Waals surface area contributed by atoms with Crippen LogP contribution >= 0.6 is 11.3 Å². The summed E-state index contributed by atoms with van der Waals surface area (Å²) in [4.78, 5) is 11.5. The minimum Gasteiger partial charge on any atom is -0.378 e. The number of aromatic nitrogens is 3. The summed E-state index contributed by atoms with van der Waals surface area (Å²) in [5.74, 6) is 1.53. The van der Waals surface area contributed by atoms with Crippen molar-refractivity contribution in [3.63, 3.8) is 0 Å². The minimum atomic E-state index is 0.252. The van der Waals surface area contributed by atoms with E-state index in [0.29, 0.717) is 12.5 Å². The highest BCUT2D eigenvalue weighted by Gasteiger charge is 2.30. The number of rotatable bonds is 6. The molecular formula is C14H20N4O2S. The molecule has 1 unspecified atom stereocenters. The van der Waals surface area contributed by atoms with Gasteiger partial charge in [-0.25, -0.2) is 4.98 Å². The lowest BCUT2D eigenvalue weighted by molar-refractivity contribution is 0.184. The van der Waals surface area contributed by atoms with Gasteiger partial charge in [-0.2, -0.15) is 4.98 Å². The molecule has 3 rings (SSSR count). The minimum absolute atomic E-state index is 0.252. The maximum atomic E-state index is 5.24. The summed E-state index contributed by atoms with van der Waals surface area (Å²) in [6.07, 6.45) is 3.03. The molecule has 3 heterocycles. The third-order valence-electron chi connectivity index (χ3n) is 3.68. The molecule has 0 saturated carbocycles. The average Bonchev–Trinajstić information content (AvgIpc) is 3.20. The molecule has 0 bridgehead atoms. The molecule has 1 aliphatic heterocycles. The molecule has 2 aromatic rings. The van der Waals surface area contributed by atoms with Crippen LogP contribution in [0.5, 0.6) is 0 Å². The van der Waals surface area contributed by atoms with Crippen molar-refractivity contribution in [2.45, 2.75) is 45.4 Å². The standard InChI is InChI=1S/C14H20N4O2S/c1-3-12-16-14(17-20-12)11-5-4-6-18(11)7-10-9-21-13(15-10)8-19-2/h9,11H,3-8H2,1-2H3. The third kappa shape index (κ3) is 3.30. The molecule has 0 aliphatic carbocycles. The van der Waals surface area contributed by atoms with E-state index >= 15 is 0 Å². The predicted molar refractivity (Wildman–Crippen MR) is 78.9 cm³/mol. The molecule has 7 heteroatoms. The van der Waals surface area contributed by atoms with E-state index in [1.807, 2.05) is 6.92 Å². The van der Waals surface area contributed by atoms with Crippen molar-refractivity contribution in [3.05, 3.63) is 27.8 Å². The molecule has 1 saturated heterocycles. The predicted octanol–water partition coefficient (Wildman–Crippen LogP) is 2.57. The van der Waals surface area contributed by atoms with E-state index < -0.39 is 0 Å². The van der Waals surface area contributed by atoms with Crippen molar-refractivity contribution in [2.75, 3.05) is 13.7 Å². The van der Waals surface area contributed by atoms with E-state index in [0.717, 1.165) is 48.9 Å². The van der Waals surface area contributed by atoms with Crippen LogP contribution in [-0.2, 0) is 24.3 Å².